The van der Waals surface area contributed by atoms with Gasteiger partial charge < -0.3 is 31.3 Å². The van der Waals surface area contributed by atoms with Crippen LogP contribution in [-0.2, 0) is 17.6 Å². The van der Waals surface area contributed by atoms with Crippen molar-refractivity contribution in [3.8, 4) is 0 Å². The zero-order valence-electron chi connectivity index (χ0n) is 20.9. The maximum absolute atomic E-state index is 12.6. The van der Waals surface area contributed by atoms with Gasteiger partial charge in [-0.15, -0.1) is 0 Å². The lowest BCUT2D eigenvalue weighted by Gasteiger charge is -2.19. The number of hydrogen-bond donors (Lipinski definition) is 5. The standard InChI is InChI=1S/C26H30ClN7O3/c1-26(2,3)37-25(36)29-12-11-28-24(35)33-21-10-9-19-14-17(21)8-7-16-5-4-6-18(13-16)32-23-30-15-20(27)22(31-19)34-23/h4-6,9-10,13-15H,7-8,11-12H2,1-3H3,(H,29,36)(H2,28,33,35)(H2,30,31,32,34). The predicted molar refractivity (Wildman–Crippen MR) is 145 cm³/mol. The van der Waals surface area contributed by atoms with Crippen molar-refractivity contribution in [2.75, 3.05) is 29.0 Å². The zero-order valence-corrected chi connectivity index (χ0v) is 21.7. The lowest BCUT2D eigenvalue weighted by atomic mass is 10.0. The van der Waals surface area contributed by atoms with Gasteiger partial charge in [-0.1, -0.05) is 23.7 Å². The highest BCUT2D eigenvalue weighted by Gasteiger charge is 2.16. The van der Waals surface area contributed by atoms with Crippen molar-refractivity contribution >= 4 is 52.6 Å². The van der Waals surface area contributed by atoms with Crippen LogP contribution >= 0.6 is 11.6 Å². The first-order valence-corrected chi connectivity index (χ1v) is 12.3. The molecule has 0 fully saturated rings. The summed E-state index contributed by atoms with van der Waals surface area (Å²) in [5, 5.41) is 15.1. The summed E-state index contributed by atoms with van der Waals surface area (Å²) < 4.78 is 5.19. The van der Waals surface area contributed by atoms with Crippen LogP contribution in [0.2, 0.25) is 5.02 Å². The number of halogens is 1. The third kappa shape index (κ3) is 7.71. The Balaban J connectivity index is 1.46. The Labute approximate surface area is 220 Å². The summed E-state index contributed by atoms with van der Waals surface area (Å²) >= 11 is 6.33. The zero-order chi connectivity index (χ0) is 26.4. The Morgan fingerprint density at radius 3 is 2.62 bits per heavy atom. The van der Waals surface area contributed by atoms with E-state index in [0.717, 1.165) is 28.9 Å². The number of benzene rings is 2. The Morgan fingerprint density at radius 1 is 1.03 bits per heavy atom. The largest absolute Gasteiger partial charge is 0.444 e. The average molecular weight is 524 g/mol. The third-order valence-corrected chi connectivity index (χ3v) is 5.58. The molecule has 0 unspecified atom stereocenters. The number of urea groups is 1. The summed E-state index contributed by atoms with van der Waals surface area (Å²) in [6, 6.07) is 13.3. The summed E-state index contributed by atoms with van der Waals surface area (Å²) in [6.45, 7) is 5.85. The molecule has 10 nitrogen and oxygen atoms in total. The molecule has 4 rings (SSSR count). The second-order valence-electron chi connectivity index (χ2n) is 9.52. The van der Waals surface area contributed by atoms with Crippen molar-refractivity contribution in [3.05, 3.63) is 64.8 Å². The number of carbonyl (C=O) groups excluding carboxylic acids is 2. The fraction of sp³-hybridized carbons (Fsp3) is 0.308. The van der Waals surface area contributed by atoms with Crippen LogP contribution in [0.15, 0.2) is 48.7 Å². The van der Waals surface area contributed by atoms with Crippen molar-refractivity contribution in [2.45, 2.75) is 39.2 Å². The molecule has 1 aromatic heterocycles. The van der Waals surface area contributed by atoms with Gasteiger partial charge in [0.2, 0.25) is 5.95 Å². The number of ether oxygens (including phenoxy) is 1. The van der Waals surface area contributed by atoms with E-state index in [2.05, 4.69) is 42.6 Å². The van der Waals surface area contributed by atoms with Gasteiger partial charge >= 0.3 is 12.1 Å². The number of aromatic nitrogens is 2. The minimum absolute atomic E-state index is 0.240. The number of anilines is 5. The normalized spacial score (nSPS) is 12.4. The first-order valence-electron chi connectivity index (χ1n) is 11.9. The molecule has 6 bridgehead atoms. The fourth-order valence-electron chi connectivity index (χ4n) is 3.69. The molecule has 0 atom stereocenters. The molecule has 0 saturated heterocycles. The van der Waals surface area contributed by atoms with Gasteiger partial charge in [-0.25, -0.2) is 14.6 Å². The van der Waals surface area contributed by atoms with Crippen molar-refractivity contribution in [2.24, 2.45) is 0 Å². The smallest absolute Gasteiger partial charge is 0.407 e. The van der Waals surface area contributed by atoms with Gasteiger partial charge in [0.05, 0.1) is 6.20 Å². The number of fused-ring (bicyclic) bond motifs is 6. The number of alkyl carbamates (subject to hydrolysis) is 1. The molecule has 0 spiro atoms. The molecule has 3 amide bonds. The first kappa shape index (κ1) is 26.0. The van der Waals surface area contributed by atoms with Crippen molar-refractivity contribution in [1.82, 2.24) is 20.6 Å². The molecular formula is C26H30ClN7O3. The number of nitrogens with zero attached hydrogens (tertiary/aromatic N) is 2. The van der Waals surface area contributed by atoms with Crippen molar-refractivity contribution in [3.63, 3.8) is 0 Å². The number of carbonyl (C=O) groups is 2. The molecule has 3 aromatic rings. The minimum atomic E-state index is -0.580. The second-order valence-corrected chi connectivity index (χ2v) is 9.93. The number of amides is 3. The monoisotopic (exact) mass is 523 g/mol. The predicted octanol–water partition coefficient (Wildman–Crippen LogP) is 5.36. The molecular weight excluding hydrogens is 494 g/mol. The summed E-state index contributed by atoms with van der Waals surface area (Å²) in [6.07, 6.45) is 2.46. The minimum Gasteiger partial charge on any atom is -0.444 e. The van der Waals surface area contributed by atoms with Crippen LogP contribution in [0, 0.1) is 0 Å². The summed E-state index contributed by atoms with van der Waals surface area (Å²) in [7, 11) is 0. The van der Waals surface area contributed by atoms with E-state index in [9.17, 15) is 9.59 Å². The lowest BCUT2D eigenvalue weighted by Crippen LogP contribution is -2.39. The molecule has 0 aliphatic carbocycles. The third-order valence-electron chi connectivity index (χ3n) is 5.31. The van der Waals surface area contributed by atoms with Crippen molar-refractivity contribution < 1.29 is 14.3 Å². The van der Waals surface area contributed by atoms with E-state index < -0.39 is 11.7 Å². The van der Waals surface area contributed by atoms with Crippen LogP contribution in [0.3, 0.4) is 0 Å². The first-order chi connectivity index (χ1) is 17.6. The highest BCUT2D eigenvalue weighted by atomic mass is 35.5. The molecule has 5 N–H and O–H groups in total. The Hall–Kier alpha value is -4.05. The van der Waals surface area contributed by atoms with Gasteiger partial charge in [-0.05, 0) is 75.1 Å². The van der Waals surface area contributed by atoms with E-state index in [-0.39, 0.29) is 19.1 Å². The molecule has 0 saturated carbocycles. The van der Waals surface area contributed by atoms with Crippen LogP contribution < -0.4 is 26.6 Å². The van der Waals surface area contributed by atoms with E-state index in [4.69, 9.17) is 16.3 Å². The maximum atomic E-state index is 12.6. The molecule has 1 aliphatic rings. The van der Waals surface area contributed by atoms with Gasteiger partial charge in [-0.3, -0.25) is 0 Å². The Morgan fingerprint density at radius 2 is 1.81 bits per heavy atom. The van der Waals surface area contributed by atoms with E-state index in [1.165, 1.54) is 0 Å². The van der Waals surface area contributed by atoms with Gasteiger partial charge in [0.25, 0.3) is 0 Å². The molecule has 0 radical (unpaired) electrons. The highest BCUT2D eigenvalue weighted by molar-refractivity contribution is 6.32. The van der Waals surface area contributed by atoms with Crippen LogP contribution in [0.25, 0.3) is 0 Å². The van der Waals surface area contributed by atoms with E-state index in [1.54, 1.807) is 27.0 Å². The van der Waals surface area contributed by atoms with E-state index >= 15 is 0 Å². The Bertz CT molecular complexity index is 1290. The lowest BCUT2D eigenvalue weighted by molar-refractivity contribution is 0.0528. The van der Waals surface area contributed by atoms with E-state index in [0.29, 0.717) is 28.9 Å². The van der Waals surface area contributed by atoms with Crippen LogP contribution in [0.1, 0.15) is 31.9 Å². The average Bonchev–Trinajstić information content (AvgIpc) is 2.83. The molecule has 1 aliphatic heterocycles. The van der Waals surface area contributed by atoms with Crippen LogP contribution in [0.4, 0.5) is 38.4 Å². The molecule has 11 heteroatoms. The maximum Gasteiger partial charge on any atom is 0.407 e. The topological polar surface area (TPSA) is 129 Å². The quantitative estimate of drug-likeness (QED) is 0.291. The Kier molecular flexibility index (Phi) is 7.98. The molecule has 2 heterocycles. The van der Waals surface area contributed by atoms with Crippen molar-refractivity contribution in [1.29, 1.82) is 0 Å². The highest BCUT2D eigenvalue weighted by Crippen LogP contribution is 2.29. The number of nitrogens with one attached hydrogen (secondary N) is 5. The molecule has 194 valence electrons. The van der Waals surface area contributed by atoms with Crippen LogP contribution in [-0.4, -0.2) is 40.8 Å². The second kappa shape index (κ2) is 11.3. The number of rotatable bonds is 4. The van der Waals surface area contributed by atoms with Gasteiger partial charge in [0.1, 0.15) is 10.6 Å². The van der Waals surface area contributed by atoms with Gasteiger partial charge in [0.15, 0.2) is 5.82 Å². The SMILES string of the molecule is CC(C)(C)OC(=O)NCCNC(=O)Nc1ccc2cc1CCc1cccc(c1)Nc1ncc(Cl)c(n1)N2. The van der Waals surface area contributed by atoms with Crippen LogP contribution in [0.5, 0.6) is 0 Å². The van der Waals surface area contributed by atoms with Gasteiger partial charge in [0, 0.05) is 30.2 Å². The number of aryl methyl sites for hydroxylation is 2. The number of hydrogen-bond acceptors (Lipinski definition) is 7. The van der Waals surface area contributed by atoms with E-state index in [1.807, 2.05) is 36.4 Å². The fourth-order valence-corrected chi connectivity index (χ4v) is 3.82. The summed E-state index contributed by atoms with van der Waals surface area (Å²) in [5.41, 5.74) is 3.81. The van der Waals surface area contributed by atoms with Gasteiger partial charge in [-0.2, -0.15) is 4.98 Å². The summed E-state index contributed by atoms with van der Waals surface area (Å²) in [5.74, 6) is 0.899. The molecule has 2 aromatic carbocycles. The summed E-state index contributed by atoms with van der Waals surface area (Å²) in [4.78, 5) is 33.1. The molecule has 37 heavy (non-hydrogen) atoms.